The van der Waals surface area contributed by atoms with Crippen molar-refractivity contribution in [2.24, 2.45) is 7.05 Å². The molecule has 0 bridgehead atoms. The van der Waals surface area contributed by atoms with Gasteiger partial charge in [0.1, 0.15) is 5.75 Å². The van der Waals surface area contributed by atoms with Crippen LogP contribution in [0.4, 0.5) is 0 Å². The van der Waals surface area contributed by atoms with Gasteiger partial charge in [-0.3, -0.25) is 0 Å². The third kappa shape index (κ3) is 1.79. The number of ether oxygens (including phenoxy) is 1. The van der Waals surface area contributed by atoms with E-state index in [1.165, 1.54) is 35.7 Å². The first-order valence-corrected chi connectivity index (χ1v) is 6.66. The molecule has 3 heteroatoms. The minimum absolute atomic E-state index is 0.430. The number of methoxy groups -OCH3 is 1. The van der Waals surface area contributed by atoms with Gasteiger partial charge in [-0.15, -0.1) is 0 Å². The molecule has 0 saturated carbocycles. The molecule has 1 N–H and O–H groups in total. The Kier molecular flexibility index (Phi) is 3.00. The number of rotatable bonds is 2. The van der Waals surface area contributed by atoms with Gasteiger partial charge in [0.2, 0.25) is 0 Å². The summed E-state index contributed by atoms with van der Waals surface area (Å²) in [6, 6.07) is 6.86. The highest BCUT2D eigenvalue weighted by molar-refractivity contribution is 5.86. The molecule has 3 nitrogen and oxygen atoms in total. The Morgan fingerprint density at radius 1 is 1.28 bits per heavy atom. The molecular formula is C15H20N2O. The number of hydrogen-bond acceptors (Lipinski definition) is 2. The predicted octanol–water partition coefficient (Wildman–Crippen LogP) is 3.00. The fraction of sp³-hybridized carbons (Fsp3) is 0.467. The fourth-order valence-electron chi connectivity index (χ4n) is 2.99. The first-order valence-electron chi connectivity index (χ1n) is 6.66. The summed E-state index contributed by atoms with van der Waals surface area (Å²) in [6.07, 6.45) is 5.90. The lowest BCUT2D eigenvalue weighted by atomic mass is 9.94. The number of nitrogens with zero attached hydrogens (tertiary/aromatic N) is 1. The molecule has 3 rings (SSSR count). The van der Waals surface area contributed by atoms with Gasteiger partial charge in [0.25, 0.3) is 0 Å². The highest BCUT2D eigenvalue weighted by Gasteiger charge is 2.21. The van der Waals surface area contributed by atoms with E-state index >= 15 is 0 Å². The topological polar surface area (TPSA) is 26.2 Å². The van der Waals surface area contributed by atoms with Gasteiger partial charge in [-0.25, -0.2) is 0 Å². The van der Waals surface area contributed by atoms with Gasteiger partial charge >= 0.3 is 0 Å². The molecule has 1 aromatic heterocycles. The van der Waals surface area contributed by atoms with Gasteiger partial charge in [-0.05, 0) is 37.6 Å². The highest BCUT2D eigenvalue weighted by atomic mass is 16.5. The number of fused-ring (bicyclic) bond motifs is 1. The van der Waals surface area contributed by atoms with Crippen LogP contribution in [0, 0.1) is 0 Å². The maximum Gasteiger partial charge on any atom is 0.124 e. The van der Waals surface area contributed by atoms with E-state index in [9.17, 15) is 0 Å². The molecule has 1 fully saturated rings. The van der Waals surface area contributed by atoms with Gasteiger partial charge in [0.05, 0.1) is 7.11 Å². The van der Waals surface area contributed by atoms with Crippen LogP contribution in [0.1, 0.15) is 30.9 Å². The summed E-state index contributed by atoms with van der Waals surface area (Å²) in [4.78, 5) is 0. The van der Waals surface area contributed by atoms with Crippen molar-refractivity contribution in [3.8, 4) is 5.75 Å². The maximum absolute atomic E-state index is 5.57. The molecule has 0 amide bonds. The molecule has 0 aliphatic carbocycles. The maximum atomic E-state index is 5.57. The number of aryl methyl sites for hydroxylation is 1. The summed E-state index contributed by atoms with van der Waals surface area (Å²) in [6.45, 7) is 1.11. The Bertz CT molecular complexity index is 553. The van der Waals surface area contributed by atoms with Crippen molar-refractivity contribution in [3.05, 3.63) is 30.0 Å². The summed E-state index contributed by atoms with van der Waals surface area (Å²) >= 11 is 0. The third-order valence-electron chi connectivity index (χ3n) is 3.95. The smallest absolute Gasteiger partial charge is 0.124 e. The quantitative estimate of drug-likeness (QED) is 0.879. The number of aromatic nitrogens is 1. The molecule has 0 spiro atoms. The van der Waals surface area contributed by atoms with E-state index in [1.54, 1.807) is 7.11 Å². The predicted molar refractivity (Wildman–Crippen MR) is 74.1 cm³/mol. The van der Waals surface area contributed by atoms with Crippen molar-refractivity contribution in [2.45, 2.75) is 25.3 Å². The van der Waals surface area contributed by atoms with E-state index < -0.39 is 0 Å². The van der Waals surface area contributed by atoms with Crippen molar-refractivity contribution < 1.29 is 4.74 Å². The van der Waals surface area contributed by atoms with E-state index in [4.69, 9.17) is 4.74 Å². The van der Waals surface area contributed by atoms with Gasteiger partial charge in [0, 0.05) is 35.8 Å². The number of benzene rings is 1. The second kappa shape index (κ2) is 4.65. The summed E-state index contributed by atoms with van der Waals surface area (Å²) in [5, 5.41) is 4.94. The molecule has 2 heterocycles. The van der Waals surface area contributed by atoms with Crippen molar-refractivity contribution in [1.82, 2.24) is 9.88 Å². The van der Waals surface area contributed by atoms with Gasteiger partial charge in [-0.1, -0.05) is 6.42 Å². The second-order valence-corrected chi connectivity index (χ2v) is 5.04. The zero-order chi connectivity index (χ0) is 12.5. The first-order chi connectivity index (χ1) is 8.81. The lowest BCUT2D eigenvalue weighted by Crippen LogP contribution is -2.27. The Hall–Kier alpha value is -1.48. The molecule has 2 aromatic rings. The first kappa shape index (κ1) is 11.6. The summed E-state index contributed by atoms with van der Waals surface area (Å²) in [5.74, 6) is 1.01. The van der Waals surface area contributed by atoms with E-state index in [2.05, 4.69) is 41.3 Å². The van der Waals surface area contributed by atoms with Crippen LogP contribution >= 0.6 is 0 Å². The summed E-state index contributed by atoms with van der Waals surface area (Å²) in [7, 11) is 3.85. The van der Waals surface area contributed by atoms with Crippen LogP contribution in [0.15, 0.2) is 24.4 Å². The Labute approximate surface area is 108 Å². The molecule has 18 heavy (non-hydrogen) atoms. The molecular weight excluding hydrogens is 224 g/mol. The normalized spacial score (nSPS) is 20.2. The van der Waals surface area contributed by atoms with E-state index in [1.807, 2.05) is 0 Å². The molecule has 1 aliphatic rings. The van der Waals surface area contributed by atoms with Crippen molar-refractivity contribution in [3.63, 3.8) is 0 Å². The molecule has 1 aromatic carbocycles. The van der Waals surface area contributed by atoms with Crippen LogP contribution < -0.4 is 10.1 Å². The molecule has 96 valence electrons. The van der Waals surface area contributed by atoms with Crippen molar-refractivity contribution in [2.75, 3.05) is 13.7 Å². The molecule has 0 radical (unpaired) electrons. The Balaban J connectivity index is 2.16. The number of hydrogen-bond donors (Lipinski definition) is 1. The SMILES string of the molecule is COc1ccc2c(ccn2C)c1C1CCCCN1. The summed E-state index contributed by atoms with van der Waals surface area (Å²) < 4.78 is 7.73. The minimum atomic E-state index is 0.430. The van der Waals surface area contributed by atoms with Crippen molar-refractivity contribution >= 4 is 10.9 Å². The lowest BCUT2D eigenvalue weighted by Gasteiger charge is -2.26. The van der Waals surface area contributed by atoms with Gasteiger partial charge in [-0.2, -0.15) is 0 Å². The third-order valence-corrected chi connectivity index (χ3v) is 3.95. The highest BCUT2D eigenvalue weighted by Crippen LogP contribution is 2.36. The van der Waals surface area contributed by atoms with Crippen LogP contribution in [-0.4, -0.2) is 18.2 Å². The Morgan fingerprint density at radius 2 is 2.17 bits per heavy atom. The van der Waals surface area contributed by atoms with E-state index in [0.29, 0.717) is 6.04 Å². The van der Waals surface area contributed by atoms with Crippen LogP contribution in [-0.2, 0) is 7.05 Å². The van der Waals surface area contributed by atoms with Crippen LogP contribution in [0.5, 0.6) is 5.75 Å². The Morgan fingerprint density at radius 3 is 2.89 bits per heavy atom. The number of piperidine rings is 1. The lowest BCUT2D eigenvalue weighted by molar-refractivity contribution is 0.376. The molecule has 1 aliphatic heterocycles. The fourth-order valence-corrected chi connectivity index (χ4v) is 2.99. The second-order valence-electron chi connectivity index (χ2n) is 5.04. The zero-order valence-corrected chi connectivity index (χ0v) is 11.1. The largest absolute Gasteiger partial charge is 0.496 e. The van der Waals surface area contributed by atoms with E-state index in [0.717, 1.165) is 12.3 Å². The average Bonchev–Trinajstić information content (AvgIpc) is 2.80. The average molecular weight is 244 g/mol. The summed E-state index contributed by atoms with van der Waals surface area (Å²) in [5.41, 5.74) is 2.61. The van der Waals surface area contributed by atoms with Gasteiger partial charge in [0.15, 0.2) is 0 Å². The molecule has 1 unspecified atom stereocenters. The number of nitrogens with one attached hydrogen (secondary N) is 1. The van der Waals surface area contributed by atoms with Crippen molar-refractivity contribution in [1.29, 1.82) is 0 Å². The van der Waals surface area contributed by atoms with Crippen LogP contribution in [0.3, 0.4) is 0 Å². The van der Waals surface area contributed by atoms with E-state index in [-0.39, 0.29) is 0 Å². The van der Waals surface area contributed by atoms with Crippen LogP contribution in [0.25, 0.3) is 10.9 Å². The minimum Gasteiger partial charge on any atom is -0.496 e. The molecule has 1 saturated heterocycles. The van der Waals surface area contributed by atoms with Crippen LogP contribution in [0.2, 0.25) is 0 Å². The molecule has 1 atom stereocenters. The van der Waals surface area contributed by atoms with Gasteiger partial charge < -0.3 is 14.6 Å². The monoisotopic (exact) mass is 244 g/mol. The standard InChI is InChI=1S/C15H20N2O/c1-17-10-8-11-13(17)6-7-14(18-2)15(11)12-5-3-4-9-16-12/h6-8,10,12,16H,3-5,9H2,1-2H3. The zero-order valence-electron chi connectivity index (χ0n) is 11.1.